The zero-order valence-corrected chi connectivity index (χ0v) is 14.0. The molecule has 0 radical (unpaired) electrons. The number of benzene rings is 1. The zero-order chi connectivity index (χ0) is 15.3. The Bertz CT molecular complexity index is 481. The third-order valence-electron chi connectivity index (χ3n) is 4.10. The maximum absolute atomic E-state index is 11.5. The number of para-hydroxylation sites is 1. The van der Waals surface area contributed by atoms with E-state index < -0.39 is 10.8 Å². The van der Waals surface area contributed by atoms with Gasteiger partial charge in [-0.2, -0.15) is 0 Å². The van der Waals surface area contributed by atoms with Gasteiger partial charge in [-0.3, -0.25) is 9.11 Å². The van der Waals surface area contributed by atoms with Gasteiger partial charge in [-0.1, -0.05) is 18.2 Å². The second-order valence-electron chi connectivity index (χ2n) is 6.06. The smallest absolute Gasteiger partial charge is 0.123 e. The van der Waals surface area contributed by atoms with Gasteiger partial charge in [-0.05, 0) is 19.9 Å². The van der Waals surface area contributed by atoms with Crippen molar-refractivity contribution in [1.29, 1.82) is 0 Å². The highest BCUT2D eigenvalue weighted by atomic mass is 32.2. The molecule has 1 aliphatic rings. The summed E-state index contributed by atoms with van der Waals surface area (Å²) in [6, 6.07) is 8.09. The zero-order valence-electron chi connectivity index (χ0n) is 13.2. The molecule has 21 heavy (non-hydrogen) atoms. The Morgan fingerprint density at radius 1 is 1.29 bits per heavy atom. The van der Waals surface area contributed by atoms with Crippen molar-refractivity contribution in [3.05, 3.63) is 29.8 Å². The van der Waals surface area contributed by atoms with Gasteiger partial charge in [0.2, 0.25) is 0 Å². The first kappa shape index (κ1) is 16.5. The Morgan fingerprint density at radius 2 is 1.95 bits per heavy atom. The minimum Gasteiger partial charge on any atom is -0.496 e. The van der Waals surface area contributed by atoms with Gasteiger partial charge in [0, 0.05) is 59.6 Å². The van der Waals surface area contributed by atoms with Crippen LogP contribution in [0, 0.1) is 0 Å². The molecule has 0 aromatic heterocycles. The topological polar surface area (TPSA) is 41.6 Å². The molecule has 1 fully saturated rings. The number of hydrogen-bond acceptors (Lipinski definition) is 4. The van der Waals surface area contributed by atoms with E-state index in [1.165, 1.54) is 5.56 Å². The fraction of sp³-hybridized carbons (Fsp3) is 0.625. The molecule has 118 valence electrons. The van der Waals surface area contributed by atoms with Crippen molar-refractivity contribution in [2.45, 2.75) is 25.9 Å². The van der Waals surface area contributed by atoms with Crippen LogP contribution in [0.1, 0.15) is 19.4 Å². The SMILES string of the molecule is COc1ccccc1CNCC(C)(C)N1CCS(=O)CC1. The summed E-state index contributed by atoms with van der Waals surface area (Å²) in [4.78, 5) is 2.43. The average Bonchev–Trinajstić information content (AvgIpc) is 2.48. The number of nitrogens with one attached hydrogen (secondary N) is 1. The summed E-state index contributed by atoms with van der Waals surface area (Å²) in [5.41, 5.74) is 1.25. The molecule has 0 aliphatic carbocycles. The Morgan fingerprint density at radius 3 is 2.62 bits per heavy atom. The molecular weight excluding hydrogens is 284 g/mol. The molecule has 0 amide bonds. The molecule has 0 atom stereocenters. The van der Waals surface area contributed by atoms with Crippen LogP contribution in [0.3, 0.4) is 0 Å². The van der Waals surface area contributed by atoms with Crippen molar-refractivity contribution in [3.63, 3.8) is 0 Å². The number of nitrogens with zero attached hydrogens (tertiary/aromatic N) is 1. The summed E-state index contributed by atoms with van der Waals surface area (Å²) in [6.07, 6.45) is 0. The van der Waals surface area contributed by atoms with E-state index in [-0.39, 0.29) is 5.54 Å². The van der Waals surface area contributed by atoms with Crippen LogP contribution in [-0.4, -0.2) is 52.9 Å². The largest absolute Gasteiger partial charge is 0.496 e. The van der Waals surface area contributed by atoms with Crippen LogP contribution in [-0.2, 0) is 17.3 Å². The van der Waals surface area contributed by atoms with Crippen molar-refractivity contribution >= 4 is 10.8 Å². The van der Waals surface area contributed by atoms with E-state index >= 15 is 0 Å². The number of rotatable bonds is 6. The molecule has 1 N–H and O–H groups in total. The predicted octanol–water partition coefficient (Wildman–Crippen LogP) is 1.63. The summed E-state index contributed by atoms with van der Waals surface area (Å²) in [5, 5.41) is 3.53. The second kappa shape index (κ2) is 7.38. The van der Waals surface area contributed by atoms with Crippen LogP contribution >= 0.6 is 0 Å². The number of hydrogen-bond donors (Lipinski definition) is 1. The summed E-state index contributed by atoms with van der Waals surface area (Å²) < 4.78 is 16.8. The molecule has 0 unspecified atom stereocenters. The van der Waals surface area contributed by atoms with Crippen LogP contribution in [0.2, 0.25) is 0 Å². The third kappa shape index (κ3) is 4.53. The fourth-order valence-corrected chi connectivity index (χ4v) is 3.76. The van der Waals surface area contributed by atoms with E-state index in [0.29, 0.717) is 0 Å². The summed E-state index contributed by atoms with van der Waals surface area (Å²) >= 11 is 0. The molecule has 1 aromatic carbocycles. The lowest BCUT2D eigenvalue weighted by molar-refractivity contribution is 0.130. The van der Waals surface area contributed by atoms with Gasteiger partial charge < -0.3 is 10.1 Å². The van der Waals surface area contributed by atoms with E-state index in [0.717, 1.165) is 43.4 Å². The van der Waals surface area contributed by atoms with Crippen LogP contribution < -0.4 is 10.1 Å². The van der Waals surface area contributed by atoms with Crippen LogP contribution in [0.5, 0.6) is 5.75 Å². The van der Waals surface area contributed by atoms with E-state index in [2.05, 4.69) is 30.1 Å². The highest BCUT2D eigenvalue weighted by Crippen LogP contribution is 2.19. The Kier molecular flexibility index (Phi) is 5.79. The molecule has 1 saturated heterocycles. The molecule has 1 aliphatic heterocycles. The first-order valence-corrected chi connectivity index (χ1v) is 8.94. The average molecular weight is 310 g/mol. The second-order valence-corrected chi connectivity index (χ2v) is 7.76. The maximum Gasteiger partial charge on any atom is 0.123 e. The van der Waals surface area contributed by atoms with E-state index in [1.807, 2.05) is 18.2 Å². The van der Waals surface area contributed by atoms with Crippen molar-refractivity contribution in [3.8, 4) is 5.75 Å². The lowest BCUT2D eigenvalue weighted by Crippen LogP contribution is -2.55. The fourth-order valence-electron chi connectivity index (χ4n) is 2.71. The van der Waals surface area contributed by atoms with Crippen LogP contribution in [0.15, 0.2) is 24.3 Å². The summed E-state index contributed by atoms with van der Waals surface area (Å²) in [6.45, 7) is 8.05. The Labute approximate surface area is 130 Å². The molecule has 1 heterocycles. The van der Waals surface area contributed by atoms with Gasteiger partial charge in [0.1, 0.15) is 5.75 Å². The first-order valence-electron chi connectivity index (χ1n) is 7.45. The molecular formula is C16H26N2O2S. The normalized spacial score (nSPS) is 17.9. The van der Waals surface area contributed by atoms with Gasteiger partial charge in [0.05, 0.1) is 7.11 Å². The molecule has 0 spiro atoms. The molecule has 5 heteroatoms. The summed E-state index contributed by atoms with van der Waals surface area (Å²) in [5.74, 6) is 2.53. The minimum atomic E-state index is -0.614. The van der Waals surface area contributed by atoms with E-state index in [1.54, 1.807) is 7.11 Å². The van der Waals surface area contributed by atoms with Crippen molar-refractivity contribution < 1.29 is 8.95 Å². The third-order valence-corrected chi connectivity index (χ3v) is 5.38. The van der Waals surface area contributed by atoms with Crippen molar-refractivity contribution in [2.24, 2.45) is 0 Å². The predicted molar refractivity (Wildman–Crippen MR) is 88.2 cm³/mol. The quantitative estimate of drug-likeness (QED) is 0.867. The molecule has 4 nitrogen and oxygen atoms in total. The Hall–Kier alpha value is -0.910. The summed E-state index contributed by atoms with van der Waals surface area (Å²) in [7, 11) is 1.09. The van der Waals surface area contributed by atoms with Gasteiger partial charge in [0.15, 0.2) is 0 Å². The number of methoxy groups -OCH3 is 1. The van der Waals surface area contributed by atoms with Gasteiger partial charge in [-0.25, -0.2) is 0 Å². The Balaban J connectivity index is 1.85. The lowest BCUT2D eigenvalue weighted by atomic mass is 10.0. The monoisotopic (exact) mass is 310 g/mol. The molecule has 0 saturated carbocycles. The highest BCUT2D eigenvalue weighted by molar-refractivity contribution is 7.85. The molecule has 0 bridgehead atoms. The number of ether oxygens (including phenoxy) is 1. The van der Waals surface area contributed by atoms with Gasteiger partial charge in [0.25, 0.3) is 0 Å². The lowest BCUT2D eigenvalue weighted by Gasteiger charge is -2.40. The van der Waals surface area contributed by atoms with E-state index in [4.69, 9.17) is 4.74 Å². The van der Waals surface area contributed by atoms with Crippen molar-refractivity contribution in [1.82, 2.24) is 10.2 Å². The van der Waals surface area contributed by atoms with Crippen LogP contribution in [0.25, 0.3) is 0 Å². The van der Waals surface area contributed by atoms with E-state index in [9.17, 15) is 4.21 Å². The van der Waals surface area contributed by atoms with Crippen LogP contribution in [0.4, 0.5) is 0 Å². The molecule has 2 rings (SSSR count). The van der Waals surface area contributed by atoms with Gasteiger partial charge >= 0.3 is 0 Å². The standard InChI is InChI=1S/C16H26N2O2S/c1-16(2,18-8-10-21(19)11-9-18)13-17-12-14-6-4-5-7-15(14)20-3/h4-7,17H,8-13H2,1-3H3. The minimum absolute atomic E-state index is 0.0760. The van der Waals surface area contributed by atoms with Gasteiger partial charge in [-0.15, -0.1) is 0 Å². The molecule has 1 aromatic rings. The highest BCUT2D eigenvalue weighted by Gasteiger charge is 2.29. The first-order chi connectivity index (χ1) is 10.0. The van der Waals surface area contributed by atoms with Crippen molar-refractivity contribution in [2.75, 3.05) is 38.2 Å². The maximum atomic E-state index is 11.5.